The molecule has 2 fully saturated rings. The lowest BCUT2D eigenvalue weighted by Crippen LogP contribution is -2.31. The van der Waals surface area contributed by atoms with E-state index >= 15 is 0 Å². The van der Waals surface area contributed by atoms with E-state index in [9.17, 15) is 0 Å². The fraction of sp³-hybridized carbons (Fsp3) is 0.739. The third-order valence-electron chi connectivity index (χ3n) is 6.15. The molecule has 1 aliphatic carbocycles. The second kappa shape index (κ2) is 9.73. The van der Waals surface area contributed by atoms with Gasteiger partial charge in [-0.1, -0.05) is 76.6 Å². The van der Waals surface area contributed by atoms with Gasteiger partial charge in [-0.2, -0.15) is 0 Å². The fourth-order valence-corrected chi connectivity index (χ4v) is 4.65. The standard InChI is InChI=1S/C23H36O2/c1-3-5-10-21-16-25-23(17-24-21)20-14-12-19(13-15-20)22-11-7-6-9-18(22)8-4-2/h12-15,18,21-23H,3-11,16-17H2,1-2H3/t18-,21+,22-,23+/m1/s1. The van der Waals surface area contributed by atoms with Crippen molar-refractivity contribution in [1.29, 1.82) is 0 Å². The molecule has 2 heteroatoms. The third-order valence-corrected chi connectivity index (χ3v) is 6.15. The summed E-state index contributed by atoms with van der Waals surface area (Å²) in [7, 11) is 0. The Labute approximate surface area is 154 Å². The molecule has 2 aliphatic rings. The lowest BCUT2D eigenvalue weighted by molar-refractivity contribution is -0.137. The molecular formula is C23H36O2. The van der Waals surface area contributed by atoms with E-state index in [2.05, 4.69) is 38.1 Å². The molecule has 0 N–H and O–H groups in total. The van der Waals surface area contributed by atoms with Crippen LogP contribution in [0.5, 0.6) is 0 Å². The van der Waals surface area contributed by atoms with E-state index in [1.807, 2.05) is 0 Å². The summed E-state index contributed by atoms with van der Waals surface area (Å²) in [5.41, 5.74) is 2.82. The Morgan fingerprint density at radius 2 is 1.60 bits per heavy atom. The van der Waals surface area contributed by atoms with Gasteiger partial charge in [0.1, 0.15) is 6.10 Å². The topological polar surface area (TPSA) is 18.5 Å². The van der Waals surface area contributed by atoms with Gasteiger partial charge in [-0.15, -0.1) is 0 Å². The summed E-state index contributed by atoms with van der Waals surface area (Å²) >= 11 is 0. The van der Waals surface area contributed by atoms with Gasteiger partial charge in [0.15, 0.2) is 0 Å². The predicted octanol–water partition coefficient (Wildman–Crippen LogP) is 6.41. The summed E-state index contributed by atoms with van der Waals surface area (Å²) in [6.45, 7) is 6.00. The maximum Gasteiger partial charge on any atom is 0.106 e. The fourth-order valence-electron chi connectivity index (χ4n) is 4.65. The first-order valence-electron chi connectivity index (χ1n) is 10.6. The monoisotopic (exact) mass is 344 g/mol. The Morgan fingerprint density at radius 3 is 2.28 bits per heavy atom. The van der Waals surface area contributed by atoms with Crippen molar-refractivity contribution in [3.63, 3.8) is 0 Å². The van der Waals surface area contributed by atoms with Crippen molar-refractivity contribution in [3.8, 4) is 0 Å². The molecule has 3 rings (SSSR count). The summed E-state index contributed by atoms with van der Waals surface area (Å²) < 4.78 is 12.1. The number of hydrogen-bond donors (Lipinski definition) is 0. The normalized spacial score (nSPS) is 30.3. The van der Waals surface area contributed by atoms with E-state index in [0.717, 1.165) is 24.9 Å². The van der Waals surface area contributed by atoms with Crippen LogP contribution in [0.1, 0.15) is 94.8 Å². The summed E-state index contributed by atoms with van der Waals surface area (Å²) in [6.07, 6.45) is 12.3. The van der Waals surface area contributed by atoms with E-state index in [1.54, 1.807) is 5.56 Å². The third kappa shape index (κ3) is 5.08. The smallest absolute Gasteiger partial charge is 0.106 e. The average Bonchev–Trinajstić information content (AvgIpc) is 2.68. The maximum absolute atomic E-state index is 6.09. The molecule has 0 bridgehead atoms. The van der Waals surface area contributed by atoms with Crippen LogP contribution in [0.4, 0.5) is 0 Å². The van der Waals surface area contributed by atoms with Gasteiger partial charge in [-0.25, -0.2) is 0 Å². The lowest BCUT2D eigenvalue weighted by Gasteiger charge is -2.33. The van der Waals surface area contributed by atoms with E-state index < -0.39 is 0 Å². The minimum Gasteiger partial charge on any atom is -0.373 e. The Hall–Kier alpha value is -0.860. The van der Waals surface area contributed by atoms with Gasteiger partial charge in [0.05, 0.1) is 19.3 Å². The molecule has 1 heterocycles. The van der Waals surface area contributed by atoms with Gasteiger partial charge in [0, 0.05) is 0 Å². The second-order valence-electron chi connectivity index (χ2n) is 8.03. The molecule has 0 amide bonds. The number of benzene rings is 1. The second-order valence-corrected chi connectivity index (χ2v) is 8.03. The molecule has 1 aromatic carbocycles. The first-order chi connectivity index (χ1) is 12.3. The molecule has 0 aromatic heterocycles. The zero-order valence-corrected chi connectivity index (χ0v) is 16.2. The zero-order valence-electron chi connectivity index (χ0n) is 16.2. The molecule has 25 heavy (non-hydrogen) atoms. The van der Waals surface area contributed by atoms with Crippen LogP contribution in [0.25, 0.3) is 0 Å². The highest BCUT2D eigenvalue weighted by atomic mass is 16.6. The number of ether oxygens (including phenoxy) is 2. The van der Waals surface area contributed by atoms with Crippen LogP contribution in [0.15, 0.2) is 24.3 Å². The van der Waals surface area contributed by atoms with Crippen LogP contribution in [0, 0.1) is 5.92 Å². The van der Waals surface area contributed by atoms with Gasteiger partial charge >= 0.3 is 0 Å². The van der Waals surface area contributed by atoms with Crippen molar-refractivity contribution in [2.24, 2.45) is 5.92 Å². The Morgan fingerprint density at radius 1 is 0.840 bits per heavy atom. The molecule has 0 spiro atoms. The van der Waals surface area contributed by atoms with Gasteiger partial charge < -0.3 is 9.47 Å². The van der Waals surface area contributed by atoms with Crippen molar-refractivity contribution in [1.82, 2.24) is 0 Å². The van der Waals surface area contributed by atoms with Crippen molar-refractivity contribution in [2.45, 2.75) is 89.8 Å². The highest BCUT2D eigenvalue weighted by Gasteiger charge is 2.27. The van der Waals surface area contributed by atoms with Crippen molar-refractivity contribution in [2.75, 3.05) is 13.2 Å². The SMILES string of the molecule is CCCC[C@H]1CO[C@H](c2ccc([C@@H]3CCCC[C@H]3CCC)cc2)CO1. The first kappa shape index (κ1) is 18.9. The quantitative estimate of drug-likeness (QED) is 0.569. The summed E-state index contributed by atoms with van der Waals surface area (Å²) in [6, 6.07) is 9.29. The van der Waals surface area contributed by atoms with Gasteiger partial charge in [0.25, 0.3) is 0 Å². The van der Waals surface area contributed by atoms with Gasteiger partial charge in [-0.05, 0) is 42.2 Å². The zero-order chi connectivity index (χ0) is 17.5. The van der Waals surface area contributed by atoms with E-state index in [-0.39, 0.29) is 6.10 Å². The molecule has 140 valence electrons. The predicted molar refractivity (Wildman–Crippen MR) is 104 cm³/mol. The largest absolute Gasteiger partial charge is 0.373 e. The minimum atomic E-state index is 0.115. The summed E-state index contributed by atoms with van der Waals surface area (Å²) in [4.78, 5) is 0. The Bertz CT molecular complexity index is 485. The number of unbranched alkanes of at least 4 members (excludes halogenated alkanes) is 1. The number of rotatable bonds is 7. The van der Waals surface area contributed by atoms with Crippen molar-refractivity contribution < 1.29 is 9.47 Å². The Kier molecular flexibility index (Phi) is 7.36. The van der Waals surface area contributed by atoms with E-state index in [4.69, 9.17) is 9.47 Å². The van der Waals surface area contributed by atoms with Crippen molar-refractivity contribution >= 4 is 0 Å². The van der Waals surface area contributed by atoms with E-state index in [0.29, 0.717) is 12.7 Å². The van der Waals surface area contributed by atoms with Crippen LogP contribution in [-0.2, 0) is 9.47 Å². The summed E-state index contributed by atoms with van der Waals surface area (Å²) in [5.74, 6) is 1.66. The molecular weight excluding hydrogens is 308 g/mol. The van der Waals surface area contributed by atoms with Crippen LogP contribution >= 0.6 is 0 Å². The van der Waals surface area contributed by atoms with E-state index in [1.165, 1.54) is 56.9 Å². The van der Waals surface area contributed by atoms with Crippen LogP contribution < -0.4 is 0 Å². The molecule has 0 unspecified atom stereocenters. The van der Waals surface area contributed by atoms with Gasteiger partial charge in [-0.3, -0.25) is 0 Å². The van der Waals surface area contributed by atoms with Crippen molar-refractivity contribution in [3.05, 3.63) is 35.4 Å². The van der Waals surface area contributed by atoms with Crippen LogP contribution in [0.3, 0.4) is 0 Å². The molecule has 1 saturated heterocycles. The average molecular weight is 345 g/mol. The maximum atomic E-state index is 6.09. The Balaban J connectivity index is 1.57. The summed E-state index contributed by atoms with van der Waals surface area (Å²) in [5, 5.41) is 0. The molecule has 4 atom stereocenters. The van der Waals surface area contributed by atoms with Gasteiger partial charge in [0.2, 0.25) is 0 Å². The molecule has 1 aliphatic heterocycles. The molecule has 0 radical (unpaired) electrons. The highest BCUT2D eigenvalue weighted by molar-refractivity contribution is 5.28. The lowest BCUT2D eigenvalue weighted by atomic mass is 9.73. The molecule has 1 aromatic rings. The highest BCUT2D eigenvalue weighted by Crippen LogP contribution is 2.40. The molecule has 1 saturated carbocycles. The van der Waals surface area contributed by atoms with Crippen LogP contribution in [0.2, 0.25) is 0 Å². The van der Waals surface area contributed by atoms with Crippen LogP contribution in [-0.4, -0.2) is 19.3 Å². The minimum absolute atomic E-state index is 0.115. The number of hydrogen-bond acceptors (Lipinski definition) is 2. The first-order valence-corrected chi connectivity index (χ1v) is 10.6. The molecule has 2 nitrogen and oxygen atoms in total.